The topological polar surface area (TPSA) is 64.3 Å². The molecule has 0 spiro atoms. The number of ether oxygens (including phenoxy) is 1. The third-order valence-electron chi connectivity index (χ3n) is 3.39. The smallest absolute Gasteiger partial charge is 0.258 e. The van der Waals surface area contributed by atoms with E-state index in [2.05, 4.69) is 5.32 Å². The molecule has 1 aromatic carbocycles. The zero-order valence-electron chi connectivity index (χ0n) is 11.1. The summed E-state index contributed by atoms with van der Waals surface area (Å²) in [7, 11) is 0. The van der Waals surface area contributed by atoms with E-state index in [-0.39, 0.29) is 24.6 Å². The second kappa shape index (κ2) is 7.16. The van der Waals surface area contributed by atoms with Gasteiger partial charge in [0.15, 0.2) is 6.61 Å². The Kier molecular flexibility index (Phi) is 5.52. The molecule has 0 aromatic heterocycles. The normalized spacial score (nSPS) is 22.4. The lowest BCUT2D eigenvalue weighted by Crippen LogP contribution is -2.42. The number of carbonyl (C=O) groups excluding carboxylic acids is 1. The lowest BCUT2D eigenvalue weighted by Gasteiger charge is -2.26. The molecular formula is C14H18Cl2N2O2. The first-order chi connectivity index (χ1) is 9.54. The molecule has 1 aliphatic rings. The minimum Gasteiger partial charge on any atom is -0.482 e. The second-order valence-corrected chi connectivity index (χ2v) is 5.89. The van der Waals surface area contributed by atoms with Crippen molar-refractivity contribution in [1.29, 1.82) is 0 Å². The van der Waals surface area contributed by atoms with Crippen molar-refractivity contribution in [2.24, 2.45) is 5.73 Å². The van der Waals surface area contributed by atoms with Gasteiger partial charge in [-0.1, -0.05) is 23.2 Å². The van der Waals surface area contributed by atoms with Gasteiger partial charge in [-0.25, -0.2) is 0 Å². The maximum absolute atomic E-state index is 11.8. The van der Waals surface area contributed by atoms with Crippen LogP contribution in [0.5, 0.6) is 5.75 Å². The molecule has 0 radical (unpaired) electrons. The minimum atomic E-state index is -0.151. The predicted octanol–water partition coefficient (Wildman–Crippen LogP) is 2.76. The van der Waals surface area contributed by atoms with E-state index in [1.165, 1.54) is 0 Å². The molecule has 1 aromatic rings. The van der Waals surface area contributed by atoms with E-state index >= 15 is 0 Å². The van der Waals surface area contributed by atoms with Crippen LogP contribution in [0.4, 0.5) is 0 Å². The molecule has 0 saturated heterocycles. The maximum atomic E-state index is 11.8. The van der Waals surface area contributed by atoms with Crippen molar-refractivity contribution in [2.45, 2.75) is 37.8 Å². The standard InChI is InChI=1S/C14H18Cl2N2O2/c15-9-1-6-12(16)13(7-9)20-8-14(19)18-11-4-2-10(17)3-5-11/h1,6-7,10-11H,2-5,8,17H2,(H,18,19). The number of rotatable bonds is 4. The fraction of sp³-hybridized carbons (Fsp3) is 0.500. The van der Waals surface area contributed by atoms with E-state index in [1.54, 1.807) is 18.2 Å². The van der Waals surface area contributed by atoms with E-state index in [4.69, 9.17) is 33.7 Å². The highest BCUT2D eigenvalue weighted by Crippen LogP contribution is 2.27. The van der Waals surface area contributed by atoms with Gasteiger partial charge in [-0.05, 0) is 37.8 Å². The molecule has 0 heterocycles. The summed E-state index contributed by atoms with van der Waals surface area (Å²) in [6.45, 7) is -0.0668. The van der Waals surface area contributed by atoms with E-state index < -0.39 is 0 Å². The summed E-state index contributed by atoms with van der Waals surface area (Å²) >= 11 is 11.8. The zero-order chi connectivity index (χ0) is 14.5. The number of hydrogen-bond acceptors (Lipinski definition) is 3. The first-order valence-electron chi connectivity index (χ1n) is 6.67. The summed E-state index contributed by atoms with van der Waals surface area (Å²) < 4.78 is 5.39. The van der Waals surface area contributed by atoms with Gasteiger partial charge < -0.3 is 15.8 Å². The third kappa shape index (κ3) is 4.54. The highest BCUT2D eigenvalue weighted by Gasteiger charge is 2.20. The molecule has 0 aliphatic heterocycles. The number of carbonyl (C=O) groups is 1. The van der Waals surface area contributed by atoms with Crippen molar-refractivity contribution >= 4 is 29.1 Å². The monoisotopic (exact) mass is 316 g/mol. The van der Waals surface area contributed by atoms with Crippen molar-refractivity contribution < 1.29 is 9.53 Å². The Morgan fingerprint density at radius 3 is 2.70 bits per heavy atom. The SMILES string of the molecule is NC1CCC(NC(=O)COc2cc(Cl)ccc2Cl)CC1. The van der Waals surface area contributed by atoms with Gasteiger partial charge in [0.2, 0.25) is 0 Å². The van der Waals surface area contributed by atoms with Crippen molar-refractivity contribution in [1.82, 2.24) is 5.32 Å². The van der Waals surface area contributed by atoms with Crippen LogP contribution < -0.4 is 15.8 Å². The average Bonchev–Trinajstić information content (AvgIpc) is 2.42. The second-order valence-electron chi connectivity index (χ2n) is 5.04. The van der Waals surface area contributed by atoms with Crippen LogP contribution in [0.2, 0.25) is 10.0 Å². The minimum absolute atomic E-state index is 0.0668. The van der Waals surface area contributed by atoms with Gasteiger partial charge in [0.05, 0.1) is 5.02 Å². The molecular weight excluding hydrogens is 299 g/mol. The van der Waals surface area contributed by atoms with Gasteiger partial charge in [0, 0.05) is 23.2 Å². The molecule has 3 N–H and O–H groups in total. The number of halogens is 2. The molecule has 0 atom stereocenters. The lowest BCUT2D eigenvalue weighted by molar-refractivity contribution is -0.124. The Bertz CT molecular complexity index is 474. The predicted molar refractivity (Wildman–Crippen MR) is 80.3 cm³/mol. The van der Waals surface area contributed by atoms with Crippen molar-refractivity contribution in [3.05, 3.63) is 28.2 Å². The Hall–Kier alpha value is -0.970. The number of nitrogens with one attached hydrogen (secondary N) is 1. The van der Waals surface area contributed by atoms with Crippen LogP contribution in [0.15, 0.2) is 18.2 Å². The summed E-state index contributed by atoms with van der Waals surface area (Å²) in [6.07, 6.45) is 3.74. The molecule has 0 unspecified atom stereocenters. The van der Waals surface area contributed by atoms with Gasteiger partial charge in [-0.2, -0.15) is 0 Å². The van der Waals surface area contributed by atoms with Crippen molar-refractivity contribution in [3.63, 3.8) is 0 Å². The Balaban J connectivity index is 1.79. The first-order valence-corrected chi connectivity index (χ1v) is 7.43. The summed E-state index contributed by atoms with van der Waals surface area (Å²) in [5.41, 5.74) is 5.83. The van der Waals surface area contributed by atoms with Gasteiger partial charge >= 0.3 is 0 Å². The van der Waals surface area contributed by atoms with Crippen LogP contribution in [0.3, 0.4) is 0 Å². The van der Waals surface area contributed by atoms with Crippen molar-refractivity contribution in [3.8, 4) is 5.75 Å². The van der Waals surface area contributed by atoms with Gasteiger partial charge in [-0.15, -0.1) is 0 Å². The van der Waals surface area contributed by atoms with Crippen LogP contribution in [0, 0.1) is 0 Å². The lowest BCUT2D eigenvalue weighted by atomic mass is 9.92. The fourth-order valence-electron chi connectivity index (χ4n) is 2.26. The van der Waals surface area contributed by atoms with E-state index in [0.717, 1.165) is 25.7 Å². The zero-order valence-corrected chi connectivity index (χ0v) is 12.6. The third-order valence-corrected chi connectivity index (χ3v) is 3.94. The molecule has 4 nitrogen and oxygen atoms in total. The molecule has 1 aliphatic carbocycles. The van der Waals surface area contributed by atoms with Crippen LogP contribution >= 0.6 is 23.2 Å². The van der Waals surface area contributed by atoms with Crippen LogP contribution in [-0.4, -0.2) is 24.6 Å². The highest BCUT2D eigenvalue weighted by atomic mass is 35.5. The van der Waals surface area contributed by atoms with Crippen LogP contribution in [-0.2, 0) is 4.79 Å². The molecule has 0 bridgehead atoms. The largest absolute Gasteiger partial charge is 0.482 e. The number of nitrogens with two attached hydrogens (primary N) is 1. The summed E-state index contributed by atoms with van der Waals surface area (Å²) in [5, 5.41) is 3.90. The van der Waals surface area contributed by atoms with Gasteiger partial charge in [-0.3, -0.25) is 4.79 Å². The highest BCUT2D eigenvalue weighted by molar-refractivity contribution is 6.34. The van der Waals surface area contributed by atoms with E-state index in [1.807, 2.05) is 0 Å². The number of hydrogen-bond donors (Lipinski definition) is 2. The summed E-state index contributed by atoms with van der Waals surface area (Å²) in [5.74, 6) is 0.265. The van der Waals surface area contributed by atoms with Gasteiger partial charge in [0.25, 0.3) is 5.91 Å². The van der Waals surface area contributed by atoms with Gasteiger partial charge in [0.1, 0.15) is 5.75 Å². The quantitative estimate of drug-likeness (QED) is 0.897. The van der Waals surface area contributed by atoms with Crippen molar-refractivity contribution in [2.75, 3.05) is 6.61 Å². The molecule has 2 rings (SSSR count). The molecule has 1 amide bonds. The molecule has 110 valence electrons. The number of benzene rings is 1. The Labute approximate surface area is 128 Å². The summed E-state index contributed by atoms with van der Waals surface area (Å²) in [4.78, 5) is 11.8. The van der Waals surface area contributed by atoms with Crippen LogP contribution in [0.25, 0.3) is 0 Å². The average molecular weight is 317 g/mol. The van der Waals surface area contributed by atoms with E-state index in [0.29, 0.717) is 15.8 Å². The molecule has 1 fully saturated rings. The molecule has 6 heteroatoms. The first kappa shape index (κ1) is 15.4. The fourth-order valence-corrected chi connectivity index (χ4v) is 2.60. The number of amides is 1. The van der Waals surface area contributed by atoms with E-state index in [9.17, 15) is 4.79 Å². The molecule has 1 saturated carbocycles. The Morgan fingerprint density at radius 1 is 1.30 bits per heavy atom. The summed E-state index contributed by atoms with van der Waals surface area (Å²) in [6, 6.07) is 5.36. The Morgan fingerprint density at radius 2 is 2.00 bits per heavy atom. The maximum Gasteiger partial charge on any atom is 0.258 e. The van der Waals surface area contributed by atoms with Crippen LogP contribution in [0.1, 0.15) is 25.7 Å². The molecule has 20 heavy (non-hydrogen) atoms.